The number of aliphatic hydroxyl groups excluding tert-OH is 1. The van der Waals surface area contributed by atoms with E-state index >= 15 is 0 Å². The molecule has 4 atom stereocenters. The van der Waals surface area contributed by atoms with Crippen molar-refractivity contribution in [2.75, 3.05) is 44.0 Å². The molecule has 0 unspecified atom stereocenters. The van der Waals surface area contributed by atoms with E-state index in [1.807, 2.05) is 32.0 Å². The summed E-state index contributed by atoms with van der Waals surface area (Å²) in [5.41, 5.74) is 2.31. The van der Waals surface area contributed by atoms with Gasteiger partial charge >= 0.3 is 6.03 Å². The van der Waals surface area contributed by atoms with Gasteiger partial charge in [0.1, 0.15) is 11.6 Å². The molecule has 0 saturated heterocycles. The van der Waals surface area contributed by atoms with Gasteiger partial charge in [-0.2, -0.15) is 0 Å². The summed E-state index contributed by atoms with van der Waals surface area (Å²) in [6.07, 6.45) is 2.26. The first-order valence-corrected chi connectivity index (χ1v) is 16.0. The predicted octanol–water partition coefficient (Wildman–Crippen LogP) is 6.40. The molecule has 3 N–H and O–H groups in total. The number of carbonyl (C=O) groups is 2. The highest BCUT2D eigenvalue weighted by molar-refractivity contribution is 6.02. The summed E-state index contributed by atoms with van der Waals surface area (Å²) in [6, 6.07) is 19.7. The second-order valence-electron chi connectivity index (χ2n) is 12.3. The topological polar surface area (TPSA) is 103 Å². The Morgan fingerprint density at radius 1 is 1.04 bits per heavy atom. The van der Waals surface area contributed by atoms with Crippen LogP contribution in [0, 0.1) is 11.7 Å². The number of urea groups is 1. The molecule has 0 saturated carbocycles. The minimum atomic E-state index is -0.539. The minimum absolute atomic E-state index is 0.0507. The molecule has 0 radical (unpaired) electrons. The van der Waals surface area contributed by atoms with Gasteiger partial charge in [-0.15, -0.1) is 0 Å². The van der Waals surface area contributed by atoms with Gasteiger partial charge in [-0.3, -0.25) is 9.69 Å². The zero-order valence-corrected chi connectivity index (χ0v) is 27.2. The lowest BCUT2D eigenvalue weighted by Crippen LogP contribution is -2.47. The Kier molecular flexibility index (Phi) is 12.9. The van der Waals surface area contributed by atoms with E-state index in [0.717, 1.165) is 25.8 Å². The molecule has 46 heavy (non-hydrogen) atoms. The first kappa shape index (κ1) is 34.9. The molecular formula is C36H47FN4O5. The number of amides is 3. The van der Waals surface area contributed by atoms with Crippen molar-refractivity contribution < 1.29 is 28.6 Å². The first-order chi connectivity index (χ1) is 22.1. The number of halogens is 1. The lowest BCUT2D eigenvalue weighted by atomic mass is 10.0. The Morgan fingerprint density at radius 3 is 2.46 bits per heavy atom. The number of likely N-dealkylation sites (N-methyl/N-ethyl adjacent to an activating group) is 1. The molecule has 1 aliphatic rings. The maximum Gasteiger partial charge on any atom is 0.323 e. The summed E-state index contributed by atoms with van der Waals surface area (Å²) in [6.45, 7) is 8.05. The van der Waals surface area contributed by atoms with E-state index in [9.17, 15) is 19.1 Å². The maximum atomic E-state index is 14.3. The van der Waals surface area contributed by atoms with Crippen molar-refractivity contribution >= 4 is 23.3 Å². The summed E-state index contributed by atoms with van der Waals surface area (Å²) in [5.74, 6) is -0.355. The molecule has 3 amide bonds. The number of hydrogen-bond donors (Lipinski definition) is 3. The van der Waals surface area contributed by atoms with E-state index in [2.05, 4.69) is 41.6 Å². The summed E-state index contributed by atoms with van der Waals surface area (Å²) in [7, 11) is 2.07. The van der Waals surface area contributed by atoms with Gasteiger partial charge in [0.25, 0.3) is 5.91 Å². The van der Waals surface area contributed by atoms with Crippen LogP contribution >= 0.6 is 0 Å². The fourth-order valence-electron chi connectivity index (χ4n) is 5.56. The number of benzene rings is 3. The van der Waals surface area contributed by atoms with E-state index in [1.165, 1.54) is 29.8 Å². The first-order valence-electron chi connectivity index (χ1n) is 16.0. The Morgan fingerprint density at radius 2 is 1.74 bits per heavy atom. The Labute approximate surface area is 271 Å². The summed E-state index contributed by atoms with van der Waals surface area (Å²) < 4.78 is 26.0. The molecule has 9 nitrogen and oxygen atoms in total. The minimum Gasteiger partial charge on any atom is -0.490 e. The normalized spacial score (nSPS) is 20.3. The van der Waals surface area contributed by atoms with Crippen LogP contribution < -0.4 is 15.4 Å². The van der Waals surface area contributed by atoms with E-state index in [-0.39, 0.29) is 36.2 Å². The summed E-state index contributed by atoms with van der Waals surface area (Å²) in [5, 5.41) is 15.6. The number of nitrogens with one attached hydrogen (secondary N) is 2. The Balaban J connectivity index is 1.58. The molecule has 3 aromatic rings. The number of rotatable bonds is 8. The second-order valence-corrected chi connectivity index (χ2v) is 12.3. The molecule has 0 aliphatic carbocycles. The van der Waals surface area contributed by atoms with Crippen LogP contribution in [-0.4, -0.2) is 78.4 Å². The number of anilines is 2. The molecule has 0 spiro atoms. The second kappa shape index (κ2) is 17.1. The van der Waals surface area contributed by atoms with Crippen LogP contribution in [0.4, 0.5) is 20.6 Å². The van der Waals surface area contributed by atoms with Crippen molar-refractivity contribution in [3.8, 4) is 5.75 Å². The third-order valence-corrected chi connectivity index (χ3v) is 8.20. The monoisotopic (exact) mass is 634 g/mol. The predicted molar refractivity (Wildman–Crippen MR) is 179 cm³/mol. The van der Waals surface area contributed by atoms with Gasteiger partial charge in [0, 0.05) is 43.5 Å². The average molecular weight is 635 g/mol. The van der Waals surface area contributed by atoms with Crippen LogP contribution in [0.1, 0.15) is 56.0 Å². The number of aliphatic hydroxyl groups is 1. The highest BCUT2D eigenvalue weighted by Gasteiger charge is 2.30. The SMILES string of the molecule is C[C@@H]1CCCCO[C@H](CN(C)Cc2ccccc2)[C@H](C)CN([C@H](C)CO)C(=O)c2cc(NC(=O)Nc3ccc(F)cc3)ccc2O1. The van der Waals surface area contributed by atoms with E-state index < -0.39 is 17.9 Å². The van der Waals surface area contributed by atoms with Crippen LogP contribution in [0.3, 0.4) is 0 Å². The van der Waals surface area contributed by atoms with Crippen molar-refractivity contribution in [2.45, 2.75) is 64.8 Å². The van der Waals surface area contributed by atoms with Crippen LogP contribution in [0.5, 0.6) is 5.75 Å². The highest BCUT2D eigenvalue weighted by Crippen LogP contribution is 2.29. The molecule has 0 bridgehead atoms. The highest BCUT2D eigenvalue weighted by atomic mass is 19.1. The smallest absolute Gasteiger partial charge is 0.323 e. The standard InChI is InChI=1S/C36H47FN4O5/c1-25-21-41(26(2)24-42)35(43)32-20-31(39-36(44)38-30-15-13-29(37)14-16-30)17-18-33(32)46-27(3)10-8-9-19-45-34(25)23-40(4)22-28-11-6-5-7-12-28/h5-7,11-18,20,25-27,34,42H,8-10,19,21-24H2,1-4H3,(H2,38,39,44)/t25-,26-,27-,34-/m1/s1. The number of carbonyl (C=O) groups excluding carboxylic acids is 2. The third kappa shape index (κ3) is 10.3. The van der Waals surface area contributed by atoms with Crippen LogP contribution in [0.2, 0.25) is 0 Å². The van der Waals surface area contributed by atoms with Gasteiger partial charge in [0.15, 0.2) is 0 Å². The molecule has 3 aromatic carbocycles. The average Bonchev–Trinajstić information content (AvgIpc) is 3.04. The van der Waals surface area contributed by atoms with Crippen molar-refractivity contribution in [2.24, 2.45) is 5.92 Å². The molecular weight excluding hydrogens is 587 g/mol. The summed E-state index contributed by atoms with van der Waals surface area (Å²) >= 11 is 0. The van der Waals surface area contributed by atoms with E-state index in [1.54, 1.807) is 23.1 Å². The zero-order chi connectivity index (χ0) is 33.1. The summed E-state index contributed by atoms with van der Waals surface area (Å²) in [4.78, 5) is 31.0. The van der Waals surface area contributed by atoms with Crippen molar-refractivity contribution in [1.29, 1.82) is 0 Å². The lowest BCUT2D eigenvalue weighted by Gasteiger charge is -2.36. The third-order valence-electron chi connectivity index (χ3n) is 8.20. The van der Waals surface area contributed by atoms with Gasteiger partial charge in [-0.25, -0.2) is 9.18 Å². The molecule has 10 heteroatoms. The molecule has 248 valence electrons. The van der Waals surface area contributed by atoms with Crippen molar-refractivity contribution in [3.63, 3.8) is 0 Å². The molecule has 0 fully saturated rings. The van der Waals surface area contributed by atoms with Gasteiger partial charge < -0.3 is 30.1 Å². The Bertz CT molecular complexity index is 1410. The lowest BCUT2D eigenvalue weighted by molar-refractivity contribution is -0.0177. The number of ether oxygens (including phenoxy) is 2. The molecule has 0 aromatic heterocycles. The van der Waals surface area contributed by atoms with Crippen molar-refractivity contribution in [3.05, 3.63) is 89.7 Å². The largest absolute Gasteiger partial charge is 0.490 e. The zero-order valence-electron chi connectivity index (χ0n) is 27.2. The number of fused-ring (bicyclic) bond motifs is 1. The van der Waals surface area contributed by atoms with Crippen LogP contribution in [0.25, 0.3) is 0 Å². The molecule has 4 rings (SSSR count). The van der Waals surface area contributed by atoms with E-state index in [4.69, 9.17) is 9.47 Å². The fraction of sp³-hybridized carbons (Fsp3) is 0.444. The van der Waals surface area contributed by atoms with Crippen LogP contribution in [0.15, 0.2) is 72.8 Å². The van der Waals surface area contributed by atoms with E-state index in [0.29, 0.717) is 36.8 Å². The van der Waals surface area contributed by atoms with Gasteiger partial charge in [0.2, 0.25) is 0 Å². The van der Waals surface area contributed by atoms with Gasteiger partial charge in [0.05, 0.1) is 30.4 Å². The molecule has 1 heterocycles. The quantitative estimate of drug-likeness (QED) is 0.265. The maximum absolute atomic E-state index is 14.3. The van der Waals surface area contributed by atoms with Crippen LogP contribution in [-0.2, 0) is 11.3 Å². The van der Waals surface area contributed by atoms with Crippen molar-refractivity contribution in [1.82, 2.24) is 9.80 Å². The van der Waals surface area contributed by atoms with Gasteiger partial charge in [-0.05, 0) is 88.2 Å². The molecule has 1 aliphatic heterocycles. The number of hydrogen-bond acceptors (Lipinski definition) is 6. The Hall–Kier alpha value is -3.99. The fourth-order valence-corrected chi connectivity index (χ4v) is 5.56. The van der Waals surface area contributed by atoms with Gasteiger partial charge in [-0.1, -0.05) is 37.3 Å². The number of nitrogens with zero attached hydrogens (tertiary/aromatic N) is 2.